The van der Waals surface area contributed by atoms with Gasteiger partial charge in [0, 0.05) is 23.0 Å². The molecular weight excluding hydrogens is 296 g/mol. The quantitative estimate of drug-likeness (QED) is 0.653. The Balaban J connectivity index is 1.68. The first-order valence-corrected chi connectivity index (χ1v) is 8.53. The summed E-state index contributed by atoms with van der Waals surface area (Å²) in [5.41, 5.74) is 5.04. The normalized spacial score (nSPS) is 24.5. The number of H-pyrrole nitrogens is 1. The number of allylic oxidation sites excluding steroid dienone is 2. The van der Waals surface area contributed by atoms with E-state index in [0.29, 0.717) is 11.8 Å². The van der Waals surface area contributed by atoms with Crippen molar-refractivity contribution in [2.24, 2.45) is 5.92 Å². The van der Waals surface area contributed by atoms with E-state index in [0.717, 1.165) is 17.9 Å². The van der Waals surface area contributed by atoms with Crippen molar-refractivity contribution >= 4 is 16.6 Å². The molecule has 0 bridgehead atoms. The average Bonchev–Trinajstić information content (AvgIpc) is 3.28. The van der Waals surface area contributed by atoms with Crippen LogP contribution in [-0.4, -0.2) is 12.1 Å². The maximum absolute atomic E-state index is 5.62. The fraction of sp³-hybridized carbons (Fsp3) is 0.238. The van der Waals surface area contributed by atoms with Crippen molar-refractivity contribution in [1.82, 2.24) is 4.98 Å². The molecule has 3 aromatic rings. The molecule has 2 aliphatic rings. The van der Waals surface area contributed by atoms with Gasteiger partial charge < -0.3 is 15.0 Å². The number of hydrogen-bond acceptors (Lipinski definition) is 2. The van der Waals surface area contributed by atoms with Crippen molar-refractivity contribution in [3.63, 3.8) is 0 Å². The highest BCUT2D eigenvalue weighted by atomic mass is 16.5. The van der Waals surface area contributed by atoms with E-state index in [1.165, 1.54) is 22.0 Å². The number of methoxy groups -OCH3 is 1. The van der Waals surface area contributed by atoms with Gasteiger partial charge in [0.05, 0.1) is 18.8 Å². The lowest BCUT2D eigenvalue weighted by molar-refractivity contribution is 0.398. The van der Waals surface area contributed by atoms with E-state index >= 15 is 0 Å². The number of aromatic nitrogens is 1. The Morgan fingerprint density at radius 2 is 1.96 bits per heavy atom. The molecule has 2 aromatic carbocycles. The molecule has 0 radical (unpaired) electrons. The third-order valence-electron chi connectivity index (χ3n) is 5.53. The molecule has 0 amide bonds. The van der Waals surface area contributed by atoms with Crippen molar-refractivity contribution in [1.29, 1.82) is 0 Å². The number of hydrogen-bond donors (Lipinski definition) is 2. The lowest BCUT2D eigenvalue weighted by Gasteiger charge is -2.37. The molecule has 3 heteroatoms. The molecule has 0 fully saturated rings. The number of ether oxygens (including phenoxy) is 1. The highest BCUT2D eigenvalue weighted by Crippen LogP contribution is 2.52. The van der Waals surface area contributed by atoms with Crippen molar-refractivity contribution < 1.29 is 4.74 Å². The van der Waals surface area contributed by atoms with E-state index in [1.807, 2.05) is 6.07 Å². The van der Waals surface area contributed by atoms with Crippen molar-refractivity contribution in [3.05, 3.63) is 71.9 Å². The molecule has 3 unspecified atom stereocenters. The second-order valence-corrected chi connectivity index (χ2v) is 6.69. The Kier molecular flexibility index (Phi) is 2.96. The molecular formula is C21H20N2O. The first-order valence-electron chi connectivity index (χ1n) is 8.53. The van der Waals surface area contributed by atoms with Crippen LogP contribution in [-0.2, 0) is 0 Å². The molecule has 1 aliphatic carbocycles. The zero-order valence-corrected chi connectivity index (χ0v) is 13.6. The van der Waals surface area contributed by atoms with Crippen LogP contribution in [0.1, 0.15) is 29.5 Å². The van der Waals surface area contributed by atoms with Crippen LogP contribution in [0.3, 0.4) is 0 Å². The van der Waals surface area contributed by atoms with Crippen LogP contribution >= 0.6 is 0 Å². The molecule has 24 heavy (non-hydrogen) atoms. The number of para-hydroxylation sites is 2. The zero-order valence-electron chi connectivity index (χ0n) is 13.6. The maximum Gasteiger partial charge on any atom is 0.142 e. The smallest absolute Gasteiger partial charge is 0.142 e. The van der Waals surface area contributed by atoms with Crippen LogP contribution < -0.4 is 10.1 Å². The van der Waals surface area contributed by atoms with Gasteiger partial charge in [-0.3, -0.25) is 0 Å². The van der Waals surface area contributed by atoms with Crippen LogP contribution in [0.25, 0.3) is 10.9 Å². The van der Waals surface area contributed by atoms with Gasteiger partial charge >= 0.3 is 0 Å². The Bertz CT molecular complexity index is 940. The van der Waals surface area contributed by atoms with Gasteiger partial charge in [-0.15, -0.1) is 0 Å². The molecule has 2 N–H and O–H groups in total. The van der Waals surface area contributed by atoms with Crippen LogP contribution in [0, 0.1) is 5.92 Å². The summed E-state index contributed by atoms with van der Waals surface area (Å²) in [6.45, 7) is 0. The predicted octanol–water partition coefficient (Wildman–Crippen LogP) is 5.00. The number of fused-ring (bicyclic) bond motifs is 4. The van der Waals surface area contributed by atoms with Crippen LogP contribution in [0.15, 0.2) is 60.8 Å². The Morgan fingerprint density at radius 1 is 1.04 bits per heavy atom. The molecule has 3 atom stereocenters. The highest BCUT2D eigenvalue weighted by Gasteiger charge is 2.39. The van der Waals surface area contributed by atoms with E-state index in [1.54, 1.807) is 7.11 Å². The number of rotatable bonds is 2. The molecule has 0 spiro atoms. The summed E-state index contributed by atoms with van der Waals surface area (Å²) in [5.74, 6) is 1.93. The third-order valence-corrected chi connectivity index (χ3v) is 5.53. The monoisotopic (exact) mass is 316 g/mol. The fourth-order valence-corrected chi connectivity index (χ4v) is 4.42. The van der Waals surface area contributed by atoms with E-state index in [2.05, 4.69) is 65.0 Å². The fourth-order valence-electron chi connectivity index (χ4n) is 4.42. The summed E-state index contributed by atoms with van der Waals surface area (Å²) >= 11 is 0. The Hall–Kier alpha value is -2.68. The van der Waals surface area contributed by atoms with Crippen LogP contribution in [0.2, 0.25) is 0 Å². The number of anilines is 1. The minimum Gasteiger partial charge on any atom is -0.495 e. The lowest BCUT2D eigenvalue weighted by Crippen LogP contribution is -2.29. The largest absolute Gasteiger partial charge is 0.495 e. The minimum atomic E-state index is 0.282. The Labute approximate surface area is 141 Å². The van der Waals surface area contributed by atoms with E-state index in [9.17, 15) is 0 Å². The van der Waals surface area contributed by atoms with Gasteiger partial charge in [-0.1, -0.05) is 42.5 Å². The maximum atomic E-state index is 5.62. The summed E-state index contributed by atoms with van der Waals surface area (Å²) in [5, 5.41) is 5.10. The number of nitrogens with one attached hydrogen (secondary N) is 2. The zero-order chi connectivity index (χ0) is 16.1. The standard InChI is InChI=1S/C21H20N2O/c1-24-19-11-5-9-16-13-7-4-8-15(13)20(23-21(16)19)17-12-22-18-10-3-2-6-14(17)18/h2-7,9-13,15,20,22-23H,8H2,1H3. The SMILES string of the molecule is COc1cccc2c1NC(c1c[nH]c3ccccc13)C1CC=CC21. The molecule has 2 heterocycles. The Morgan fingerprint density at radius 3 is 2.88 bits per heavy atom. The first kappa shape index (κ1) is 13.7. The van der Waals surface area contributed by atoms with Gasteiger partial charge in [0.1, 0.15) is 5.75 Å². The van der Waals surface area contributed by atoms with E-state index < -0.39 is 0 Å². The second kappa shape index (κ2) is 5.17. The summed E-state index contributed by atoms with van der Waals surface area (Å²) < 4.78 is 5.62. The van der Waals surface area contributed by atoms with E-state index in [-0.39, 0.29) is 6.04 Å². The summed E-state index contributed by atoms with van der Waals surface area (Å²) in [6, 6.07) is 15.2. The van der Waals surface area contributed by atoms with Gasteiger partial charge in [0.2, 0.25) is 0 Å². The highest BCUT2D eigenvalue weighted by molar-refractivity contribution is 5.84. The minimum absolute atomic E-state index is 0.282. The first-order chi connectivity index (χ1) is 11.9. The third kappa shape index (κ3) is 1.84. The predicted molar refractivity (Wildman–Crippen MR) is 97.6 cm³/mol. The summed E-state index contributed by atoms with van der Waals surface area (Å²) in [4.78, 5) is 3.43. The van der Waals surface area contributed by atoms with Gasteiger partial charge in [0.25, 0.3) is 0 Å². The van der Waals surface area contributed by atoms with Gasteiger partial charge in [-0.2, -0.15) is 0 Å². The van der Waals surface area contributed by atoms with Gasteiger partial charge in [-0.25, -0.2) is 0 Å². The molecule has 3 nitrogen and oxygen atoms in total. The van der Waals surface area contributed by atoms with Crippen LogP contribution in [0.4, 0.5) is 5.69 Å². The van der Waals surface area contributed by atoms with Crippen LogP contribution in [0.5, 0.6) is 5.75 Å². The second-order valence-electron chi connectivity index (χ2n) is 6.69. The summed E-state index contributed by atoms with van der Waals surface area (Å²) in [6.07, 6.45) is 7.97. The van der Waals surface area contributed by atoms with E-state index in [4.69, 9.17) is 4.74 Å². The number of benzene rings is 2. The topological polar surface area (TPSA) is 37.0 Å². The van der Waals surface area contributed by atoms with Gasteiger partial charge in [0.15, 0.2) is 0 Å². The molecule has 1 aromatic heterocycles. The molecule has 0 saturated carbocycles. The average molecular weight is 316 g/mol. The van der Waals surface area contributed by atoms with Crippen molar-refractivity contribution in [2.45, 2.75) is 18.4 Å². The molecule has 120 valence electrons. The molecule has 5 rings (SSSR count). The molecule has 0 saturated heterocycles. The van der Waals surface area contributed by atoms with Gasteiger partial charge in [-0.05, 0) is 35.6 Å². The lowest BCUT2D eigenvalue weighted by atomic mass is 9.77. The summed E-state index contributed by atoms with van der Waals surface area (Å²) in [7, 11) is 1.74. The van der Waals surface area contributed by atoms with Crippen molar-refractivity contribution in [3.8, 4) is 5.75 Å². The number of aromatic amines is 1. The van der Waals surface area contributed by atoms with Crippen molar-refractivity contribution in [2.75, 3.05) is 12.4 Å². The molecule has 1 aliphatic heterocycles.